The van der Waals surface area contributed by atoms with E-state index in [4.69, 9.17) is 4.74 Å². The minimum Gasteiger partial charge on any atom is -0.467 e. The Morgan fingerprint density at radius 1 is 1.43 bits per heavy atom. The van der Waals surface area contributed by atoms with Gasteiger partial charge in [0.1, 0.15) is 11.7 Å². The molecule has 8 heteroatoms. The molecule has 2 rings (SSSR count). The van der Waals surface area contributed by atoms with Gasteiger partial charge in [0.15, 0.2) is 0 Å². The first-order valence-electron chi connectivity index (χ1n) is 6.65. The van der Waals surface area contributed by atoms with Crippen LogP contribution in [-0.2, 0) is 16.6 Å². The lowest BCUT2D eigenvalue weighted by Gasteiger charge is -2.33. The van der Waals surface area contributed by atoms with Crippen LogP contribution in [0, 0.1) is 10.1 Å². The van der Waals surface area contributed by atoms with E-state index in [9.17, 15) is 19.7 Å². The number of esters is 1. The van der Waals surface area contributed by atoms with Gasteiger partial charge in [0.25, 0.3) is 11.6 Å². The molecule has 1 saturated heterocycles. The molecule has 0 aromatic carbocycles. The van der Waals surface area contributed by atoms with E-state index in [0.717, 1.165) is 12.8 Å². The topological polar surface area (TPSA) is 94.7 Å². The van der Waals surface area contributed by atoms with Crippen LogP contribution in [0.3, 0.4) is 0 Å². The molecule has 0 N–H and O–H groups in total. The summed E-state index contributed by atoms with van der Waals surface area (Å²) in [6.45, 7) is 0.442. The van der Waals surface area contributed by atoms with Crippen molar-refractivity contribution in [2.45, 2.75) is 25.3 Å². The van der Waals surface area contributed by atoms with E-state index in [1.54, 1.807) is 7.05 Å². The first-order chi connectivity index (χ1) is 9.95. The molecule has 0 aliphatic carbocycles. The Labute approximate surface area is 121 Å². The number of hydrogen-bond donors (Lipinski definition) is 0. The molecule has 1 aliphatic rings. The summed E-state index contributed by atoms with van der Waals surface area (Å²) in [5.74, 6) is -0.840. The quantitative estimate of drug-likeness (QED) is 0.473. The van der Waals surface area contributed by atoms with Crippen LogP contribution >= 0.6 is 0 Å². The maximum Gasteiger partial charge on any atom is 0.328 e. The van der Waals surface area contributed by atoms with Crippen molar-refractivity contribution in [1.82, 2.24) is 9.47 Å². The van der Waals surface area contributed by atoms with Gasteiger partial charge in [-0.3, -0.25) is 14.9 Å². The van der Waals surface area contributed by atoms with Gasteiger partial charge >= 0.3 is 5.97 Å². The Kier molecular flexibility index (Phi) is 4.25. The Hall–Kier alpha value is -2.38. The third-order valence-electron chi connectivity index (χ3n) is 3.66. The molecule has 0 bridgehead atoms. The van der Waals surface area contributed by atoms with Gasteiger partial charge in [0, 0.05) is 19.7 Å². The third-order valence-corrected chi connectivity index (χ3v) is 3.66. The average Bonchev–Trinajstić information content (AvgIpc) is 2.88. The number of hydrogen-bond acceptors (Lipinski definition) is 5. The zero-order valence-corrected chi connectivity index (χ0v) is 11.9. The van der Waals surface area contributed by atoms with E-state index in [0.29, 0.717) is 13.0 Å². The minimum atomic E-state index is -0.620. The molecule has 1 unspecified atom stereocenters. The lowest BCUT2D eigenvalue weighted by atomic mass is 10.0. The van der Waals surface area contributed by atoms with Crippen molar-refractivity contribution >= 4 is 17.6 Å². The smallest absolute Gasteiger partial charge is 0.328 e. The van der Waals surface area contributed by atoms with Crippen molar-refractivity contribution in [3.05, 3.63) is 28.1 Å². The SMILES string of the molecule is COC(=O)C1CCCCN1C(=O)c1cc([N+](=O)[O-])cn1C. The molecule has 1 amide bonds. The highest BCUT2D eigenvalue weighted by Gasteiger charge is 2.34. The molecule has 1 aromatic rings. The van der Waals surface area contributed by atoms with Crippen LogP contribution < -0.4 is 0 Å². The number of ether oxygens (including phenoxy) is 1. The molecular formula is C13H17N3O5. The number of rotatable bonds is 3. The lowest BCUT2D eigenvalue weighted by molar-refractivity contribution is -0.384. The van der Waals surface area contributed by atoms with Gasteiger partial charge in [0.05, 0.1) is 18.2 Å². The minimum absolute atomic E-state index is 0.146. The second-order valence-corrected chi connectivity index (χ2v) is 4.98. The monoisotopic (exact) mass is 295 g/mol. The summed E-state index contributed by atoms with van der Waals surface area (Å²) < 4.78 is 6.14. The Balaban J connectivity index is 2.28. The van der Waals surface area contributed by atoms with E-state index >= 15 is 0 Å². The number of amides is 1. The van der Waals surface area contributed by atoms with Gasteiger partial charge in [-0.2, -0.15) is 0 Å². The molecule has 2 heterocycles. The van der Waals surface area contributed by atoms with E-state index in [2.05, 4.69) is 0 Å². The van der Waals surface area contributed by atoms with Crippen molar-refractivity contribution in [2.75, 3.05) is 13.7 Å². The number of aryl methyl sites for hydroxylation is 1. The number of nitrogens with zero attached hydrogens (tertiary/aromatic N) is 3. The van der Waals surface area contributed by atoms with Crippen molar-refractivity contribution < 1.29 is 19.2 Å². The molecule has 1 atom stereocenters. The fourth-order valence-electron chi connectivity index (χ4n) is 2.56. The van der Waals surface area contributed by atoms with Gasteiger partial charge in [-0.1, -0.05) is 0 Å². The van der Waals surface area contributed by atoms with Crippen LogP contribution in [0.2, 0.25) is 0 Å². The number of methoxy groups -OCH3 is 1. The first kappa shape index (κ1) is 15.0. The second kappa shape index (κ2) is 5.94. The molecule has 0 saturated carbocycles. The van der Waals surface area contributed by atoms with Crippen molar-refractivity contribution in [3.63, 3.8) is 0 Å². The van der Waals surface area contributed by atoms with E-state index in [-0.39, 0.29) is 17.3 Å². The molecule has 1 fully saturated rings. The maximum atomic E-state index is 12.6. The summed E-state index contributed by atoms with van der Waals surface area (Å²) in [5, 5.41) is 10.8. The van der Waals surface area contributed by atoms with Crippen LogP contribution in [0.25, 0.3) is 0 Å². The van der Waals surface area contributed by atoms with Crippen LogP contribution in [0.1, 0.15) is 29.8 Å². The van der Waals surface area contributed by atoms with E-state index < -0.39 is 16.9 Å². The predicted octanol–water partition coefficient (Wildman–Crippen LogP) is 1.10. The Bertz CT molecular complexity index is 580. The maximum absolute atomic E-state index is 12.6. The zero-order valence-electron chi connectivity index (χ0n) is 11.9. The summed E-state index contributed by atoms with van der Waals surface area (Å²) in [6, 6.07) is 0.607. The molecule has 114 valence electrons. The second-order valence-electron chi connectivity index (χ2n) is 4.98. The highest BCUT2D eigenvalue weighted by Crippen LogP contribution is 2.23. The van der Waals surface area contributed by atoms with Gasteiger partial charge in [-0.15, -0.1) is 0 Å². The van der Waals surface area contributed by atoms with Crippen molar-refractivity contribution in [2.24, 2.45) is 7.05 Å². The van der Waals surface area contributed by atoms with Crippen LogP contribution in [0.15, 0.2) is 12.3 Å². The van der Waals surface area contributed by atoms with E-state index in [1.807, 2.05) is 0 Å². The number of nitro groups is 1. The molecule has 8 nitrogen and oxygen atoms in total. The molecule has 1 aromatic heterocycles. The highest BCUT2D eigenvalue weighted by molar-refractivity contribution is 5.96. The molecular weight excluding hydrogens is 278 g/mol. The van der Waals surface area contributed by atoms with Crippen molar-refractivity contribution in [1.29, 1.82) is 0 Å². The third kappa shape index (κ3) is 2.88. The molecule has 21 heavy (non-hydrogen) atoms. The summed E-state index contributed by atoms with van der Waals surface area (Å²) in [5.41, 5.74) is 0.0463. The van der Waals surface area contributed by atoms with Crippen LogP contribution in [0.4, 0.5) is 5.69 Å². The number of carbonyl (C=O) groups is 2. The Morgan fingerprint density at radius 3 is 2.71 bits per heavy atom. The standard InChI is InChI=1S/C13H17N3O5/c1-14-8-9(16(19)20)7-11(14)12(17)15-6-4-3-5-10(15)13(18)21-2/h7-8,10H,3-6H2,1-2H3. The van der Waals surface area contributed by atoms with Gasteiger partial charge < -0.3 is 14.2 Å². The summed E-state index contributed by atoms with van der Waals surface area (Å²) in [4.78, 5) is 36.0. The fourth-order valence-corrected chi connectivity index (χ4v) is 2.56. The van der Waals surface area contributed by atoms with Crippen LogP contribution in [0.5, 0.6) is 0 Å². The number of aromatic nitrogens is 1. The van der Waals surface area contributed by atoms with Gasteiger partial charge in [-0.25, -0.2) is 4.79 Å². The zero-order chi connectivity index (χ0) is 15.6. The normalized spacial score (nSPS) is 18.4. The number of likely N-dealkylation sites (tertiary alicyclic amines) is 1. The van der Waals surface area contributed by atoms with Gasteiger partial charge in [0.2, 0.25) is 0 Å². The fraction of sp³-hybridized carbons (Fsp3) is 0.538. The number of piperidine rings is 1. The molecule has 0 radical (unpaired) electrons. The molecule has 0 spiro atoms. The highest BCUT2D eigenvalue weighted by atomic mass is 16.6. The van der Waals surface area contributed by atoms with Crippen LogP contribution in [-0.4, -0.2) is 46.0 Å². The van der Waals surface area contributed by atoms with Crippen molar-refractivity contribution in [3.8, 4) is 0 Å². The lowest BCUT2D eigenvalue weighted by Crippen LogP contribution is -2.48. The number of carbonyl (C=O) groups excluding carboxylic acids is 2. The molecule has 1 aliphatic heterocycles. The predicted molar refractivity (Wildman–Crippen MR) is 72.8 cm³/mol. The summed E-state index contributed by atoms with van der Waals surface area (Å²) in [7, 11) is 2.85. The largest absolute Gasteiger partial charge is 0.467 e. The van der Waals surface area contributed by atoms with E-state index in [1.165, 1.54) is 28.8 Å². The Morgan fingerprint density at radius 2 is 2.14 bits per heavy atom. The van der Waals surface area contributed by atoms with Gasteiger partial charge in [-0.05, 0) is 19.3 Å². The summed E-state index contributed by atoms with van der Waals surface area (Å²) >= 11 is 0. The summed E-state index contributed by atoms with van der Waals surface area (Å²) in [6.07, 6.45) is 3.47. The first-order valence-corrected chi connectivity index (χ1v) is 6.65. The average molecular weight is 295 g/mol.